The lowest BCUT2D eigenvalue weighted by molar-refractivity contribution is 0.178. The van der Waals surface area contributed by atoms with Crippen LogP contribution in [0.2, 0.25) is 0 Å². The van der Waals surface area contributed by atoms with Crippen LogP contribution in [-0.2, 0) is 6.42 Å². The third-order valence-corrected chi connectivity index (χ3v) is 2.60. The van der Waals surface area contributed by atoms with Gasteiger partial charge in [-0.15, -0.1) is 0 Å². The maximum Gasteiger partial charge on any atom is 0.123 e. The molecule has 0 saturated carbocycles. The van der Waals surface area contributed by atoms with Crippen LogP contribution in [0.5, 0.6) is 0 Å². The highest BCUT2D eigenvalue weighted by molar-refractivity contribution is 5.23. The minimum absolute atomic E-state index is 0.280. The Morgan fingerprint density at radius 3 is 2.82 bits per heavy atom. The van der Waals surface area contributed by atoms with Gasteiger partial charge in [-0.25, -0.2) is 4.39 Å². The Morgan fingerprint density at radius 2 is 2.12 bits per heavy atom. The number of aryl methyl sites for hydroxylation is 1. The zero-order valence-electron chi connectivity index (χ0n) is 9.60. The van der Waals surface area contributed by atoms with Crippen molar-refractivity contribution in [3.8, 4) is 0 Å². The van der Waals surface area contributed by atoms with Crippen molar-refractivity contribution >= 4 is 0 Å². The van der Waals surface area contributed by atoms with E-state index in [1.807, 2.05) is 13.0 Å². The molecule has 0 amide bonds. The SMILES string of the molecule is Cc1cncc(C(O)Cc2cccc(F)c2)c1. The van der Waals surface area contributed by atoms with E-state index in [0.717, 1.165) is 16.7 Å². The van der Waals surface area contributed by atoms with Crippen molar-refractivity contribution in [3.63, 3.8) is 0 Å². The van der Waals surface area contributed by atoms with Gasteiger partial charge in [-0.1, -0.05) is 18.2 Å². The van der Waals surface area contributed by atoms with E-state index < -0.39 is 6.10 Å². The van der Waals surface area contributed by atoms with Crippen molar-refractivity contribution < 1.29 is 9.50 Å². The highest BCUT2D eigenvalue weighted by Crippen LogP contribution is 2.18. The molecule has 1 aromatic heterocycles. The number of aliphatic hydroxyl groups is 1. The van der Waals surface area contributed by atoms with Crippen LogP contribution in [0.3, 0.4) is 0 Å². The molecule has 17 heavy (non-hydrogen) atoms. The molecule has 1 N–H and O–H groups in total. The maximum absolute atomic E-state index is 13.0. The molecule has 0 spiro atoms. The Kier molecular flexibility index (Phi) is 3.49. The zero-order chi connectivity index (χ0) is 12.3. The van der Waals surface area contributed by atoms with Crippen molar-refractivity contribution in [1.82, 2.24) is 4.98 Å². The second kappa shape index (κ2) is 5.06. The first-order valence-electron chi connectivity index (χ1n) is 5.49. The topological polar surface area (TPSA) is 33.1 Å². The summed E-state index contributed by atoms with van der Waals surface area (Å²) in [5.41, 5.74) is 2.54. The molecule has 2 nitrogen and oxygen atoms in total. The third-order valence-electron chi connectivity index (χ3n) is 2.60. The number of hydrogen-bond acceptors (Lipinski definition) is 2. The fourth-order valence-electron chi connectivity index (χ4n) is 1.77. The molecule has 1 unspecified atom stereocenters. The van der Waals surface area contributed by atoms with Gasteiger partial charge in [0.05, 0.1) is 6.10 Å². The molecule has 0 radical (unpaired) electrons. The quantitative estimate of drug-likeness (QED) is 0.881. The van der Waals surface area contributed by atoms with Gasteiger partial charge in [0.2, 0.25) is 0 Å². The van der Waals surface area contributed by atoms with Crippen LogP contribution in [0.15, 0.2) is 42.7 Å². The fourth-order valence-corrected chi connectivity index (χ4v) is 1.77. The van der Waals surface area contributed by atoms with E-state index in [4.69, 9.17) is 0 Å². The summed E-state index contributed by atoms with van der Waals surface area (Å²) in [6, 6.07) is 8.16. The summed E-state index contributed by atoms with van der Waals surface area (Å²) in [7, 11) is 0. The Morgan fingerprint density at radius 1 is 1.29 bits per heavy atom. The van der Waals surface area contributed by atoms with Gasteiger partial charge in [-0.3, -0.25) is 4.98 Å². The highest BCUT2D eigenvalue weighted by atomic mass is 19.1. The zero-order valence-corrected chi connectivity index (χ0v) is 9.60. The maximum atomic E-state index is 13.0. The van der Waals surface area contributed by atoms with Crippen LogP contribution in [0, 0.1) is 12.7 Å². The highest BCUT2D eigenvalue weighted by Gasteiger charge is 2.09. The second-order valence-corrected chi connectivity index (χ2v) is 4.15. The van der Waals surface area contributed by atoms with Crippen molar-refractivity contribution in [1.29, 1.82) is 0 Å². The van der Waals surface area contributed by atoms with Gasteiger partial charge in [-0.2, -0.15) is 0 Å². The number of aliphatic hydroxyl groups excluding tert-OH is 1. The van der Waals surface area contributed by atoms with Crippen LogP contribution in [-0.4, -0.2) is 10.1 Å². The molecular formula is C14H14FNO. The van der Waals surface area contributed by atoms with Crippen molar-refractivity contribution in [2.24, 2.45) is 0 Å². The molecule has 1 aromatic carbocycles. The Bertz CT molecular complexity index is 513. The first-order chi connectivity index (χ1) is 8.15. The first kappa shape index (κ1) is 11.7. The van der Waals surface area contributed by atoms with E-state index in [9.17, 15) is 9.50 Å². The molecule has 0 aliphatic carbocycles. The summed E-state index contributed by atoms with van der Waals surface area (Å²) < 4.78 is 13.0. The Balaban J connectivity index is 2.14. The lowest BCUT2D eigenvalue weighted by atomic mass is 10.0. The minimum atomic E-state index is -0.649. The molecule has 2 aromatic rings. The number of hydrogen-bond donors (Lipinski definition) is 1. The van der Waals surface area contributed by atoms with Crippen LogP contribution < -0.4 is 0 Å². The van der Waals surface area contributed by atoms with Gasteiger partial charge >= 0.3 is 0 Å². The van der Waals surface area contributed by atoms with Crippen LogP contribution in [0.25, 0.3) is 0 Å². The largest absolute Gasteiger partial charge is 0.388 e. The molecule has 88 valence electrons. The van der Waals surface area contributed by atoms with E-state index in [0.29, 0.717) is 6.42 Å². The first-order valence-corrected chi connectivity index (χ1v) is 5.49. The summed E-state index contributed by atoms with van der Waals surface area (Å²) in [4.78, 5) is 4.03. The van der Waals surface area contributed by atoms with Crippen molar-refractivity contribution in [3.05, 3.63) is 65.2 Å². The predicted octanol–water partition coefficient (Wildman–Crippen LogP) is 2.81. The molecule has 0 saturated heterocycles. The average Bonchev–Trinajstić information content (AvgIpc) is 2.29. The average molecular weight is 231 g/mol. The summed E-state index contributed by atoms with van der Waals surface area (Å²) in [5, 5.41) is 10.0. The number of benzene rings is 1. The Labute approximate surface area is 99.8 Å². The molecule has 0 aliphatic rings. The van der Waals surface area contributed by atoms with E-state index in [2.05, 4.69) is 4.98 Å². The standard InChI is InChI=1S/C14H14FNO/c1-10-5-12(9-16-8-10)14(17)7-11-3-2-4-13(15)6-11/h2-6,8-9,14,17H,7H2,1H3. The molecule has 0 aliphatic heterocycles. The number of halogens is 1. The predicted molar refractivity (Wildman–Crippen MR) is 64.0 cm³/mol. The number of rotatable bonds is 3. The van der Waals surface area contributed by atoms with Gasteiger partial charge in [0.15, 0.2) is 0 Å². The smallest absolute Gasteiger partial charge is 0.123 e. The lowest BCUT2D eigenvalue weighted by Crippen LogP contribution is -2.03. The minimum Gasteiger partial charge on any atom is -0.388 e. The molecule has 2 rings (SSSR count). The molecular weight excluding hydrogens is 217 g/mol. The molecule has 1 heterocycles. The lowest BCUT2D eigenvalue weighted by Gasteiger charge is -2.11. The summed E-state index contributed by atoms with van der Waals surface area (Å²) in [5.74, 6) is -0.280. The summed E-state index contributed by atoms with van der Waals surface area (Å²) in [6.45, 7) is 1.92. The van der Waals surface area contributed by atoms with Crippen molar-refractivity contribution in [2.75, 3.05) is 0 Å². The van der Waals surface area contributed by atoms with Gasteiger partial charge in [-0.05, 0) is 35.7 Å². The van der Waals surface area contributed by atoms with Crippen LogP contribution >= 0.6 is 0 Å². The van der Waals surface area contributed by atoms with Gasteiger partial charge in [0.25, 0.3) is 0 Å². The van der Waals surface area contributed by atoms with Gasteiger partial charge < -0.3 is 5.11 Å². The number of aromatic nitrogens is 1. The van der Waals surface area contributed by atoms with Crippen molar-refractivity contribution in [2.45, 2.75) is 19.4 Å². The van der Waals surface area contributed by atoms with Gasteiger partial charge in [0, 0.05) is 18.8 Å². The second-order valence-electron chi connectivity index (χ2n) is 4.15. The molecule has 0 fully saturated rings. The Hall–Kier alpha value is -1.74. The van der Waals surface area contributed by atoms with Crippen LogP contribution in [0.4, 0.5) is 4.39 Å². The van der Waals surface area contributed by atoms with Crippen LogP contribution in [0.1, 0.15) is 22.8 Å². The van der Waals surface area contributed by atoms with Gasteiger partial charge in [0.1, 0.15) is 5.82 Å². The molecule has 1 atom stereocenters. The molecule has 0 bridgehead atoms. The van der Waals surface area contributed by atoms with E-state index in [-0.39, 0.29) is 5.82 Å². The summed E-state index contributed by atoms with van der Waals surface area (Å²) in [6.07, 6.45) is 3.11. The normalized spacial score (nSPS) is 12.4. The van der Waals surface area contributed by atoms with E-state index in [1.54, 1.807) is 24.5 Å². The van der Waals surface area contributed by atoms with E-state index in [1.165, 1.54) is 12.1 Å². The number of pyridine rings is 1. The number of nitrogens with zero attached hydrogens (tertiary/aromatic N) is 1. The summed E-state index contributed by atoms with van der Waals surface area (Å²) >= 11 is 0. The van der Waals surface area contributed by atoms with E-state index >= 15 is 0 Å². The fraction of sp³-hybridized carbons (Fsp3) is 0.214. The molecule has 3 heteroatoms. The monoisotopic (exact) mass is 231 g/mol. The third kappa shape index (κ3) is 3.11.